The number of hydrogen-bond donors (Lipinski definition) is 0. The molecule has 0 fully saturated rings. The standard InChI is InChI=1S/C13H15F3N2/c1-18(8-7-13(14,15)16)10-12(9-17)11-5-3-2-4-6-11/h2-6,12H,7-8,10H2,1H3. The molecule has 18 heavy (non-hydrogen) atoms. The molecular weight excluding hydrogens is 241 g/mol. The number of nitrogens with zero attached hydrogens (tertiary/aromatic N) is 2. The SMILES string of the molecule is CN(CCC(F)(F)F)CC(C#N)c1ccccc1. The number of benzene rings is 1. The number of alkyl halides is 3. The summed E-state index contributed by atoms with van der Waals surface area (Å²) in [6.07, 6.45) is -5.00. The van der Waals surface area contributed by atoms with Crippen molar-refractivity contribution in [3.63, 3.8) is 0 Å². The van der Waals surface area contributed by atoms with Crippen molar-refractivity contribution < 1.29 is 13.2 Å². The molecule has 1 atom stereocenters. The van der Waals surface area contributed by atoms with Crippen LogP contribution in [0, 0.1) is 11.3 Å². The average Bonchev–Trinajstić information content (AvgIpc) is 2.33. The van der Waals surface area contributed by atoms with E-state index in [-0.39, 0.29) is 6.54 Å². The number of halogens is 3. The predicted molar refractivity (Wildman–Crippen MR) is 63.0 cm³/mol. The zero-order valence-corrected chi connectivity index (χ0v) is 10.1. The number of hydrogen-bond acceptors (Lipinski definition) is 2. The molecule has 1 rings (SSSR count). The van der Waals surface area contributed by atoms with E-state index in [4.69, 9.17) is 5.26 Å². The fraction of sp³-hybridized carbons (Fsp3) is 0.462. The van der Waals surface area contributed by atoms with E-state index in [1.165, 1.54) is 4.90 Å². The van der Waals surface area contributed by atoms with Crippen molar-refractivity contribution in [3.8, 4) is 6.07 Å². The summed E-state index contributed by atoms with van der Waals surface area (Å²) in [6.45, 7) is 0.213. The molecule has 0 radical (unpaired) electrons. The van der Waals surface area contributed by atoms with E-state index >= 15 is 0 Å². The Morgan fingerprint density at radius 3 is 2.39 bits per heavy atom. The van der Waals surface area contributed by atoms with Gasteiger partial charge in [-0.25, -0.2) is 0 Å². The van der Waals surface area contributed by atoms with Gasteiger partial charge in [0.05, 0.1) is 18.4 Å². The van der Waals surface area contributed by atoms with E-state index in [1.54, 1.807) is 7.05 Å². The van der Waals surface area contributed by atoms with E-state index in [1.807, 2.05) is 30.3 Å². The van der Waals surface area contributed by atoms with Crippen LogP contribution in [0.1, 0.15) is 17.9 Å². The van der Waals surface area contributed by atoms with Crippen LogP contribution in [0.25, 0.3) is 0 Å². The number of rotatable bonds is 5. The highest BCUT2D eigenvalue weighted by molar-refractivity contribution is 5.25. The van der Waals surface area contributed by atoms with Crippen LogP contribution in [0.5, 0.6) is 0 Å². The van der Waals surface area contributed by atoms with E-state index < -0.39 is 18.5 Å². The topological polar surface area (TPSA) is 27.0 Å². The minimum absolute atomic E-state index is 0.0888. The monoisotopic (exact) mass is 256 g/mol. The second kappa shape index (κ2) is 6.41. The number of nitriles is 1. The minimum Gasteiger partial charge on any atom is -0.304 e. The second-order valence-corrected chi connectivity index (χ2v) is 4.22. The van der Waals surface area contributed by atoms with Gasteiger partial charge >= 0.3 is 6.18 Å². The summed E-state index contributed by atoms with van der Waals surface area (Å²) in [4.78, 5) is 1.54. The third-order valence-corrected chi connectivity index (χ3v) is 2.63. The largest absolute Gasteiger partial charge is 0.390 e. The Kier molecular flexibility index (Phi) is 5.17. The smallest absolute Gasteiger partial charge is 0.304 e. The van der Waals surface area contributed by atoms with Gasteiger partial charge < -0.3 is 4.90 Å². The van der Waals surface area contributed by atoms with Crippen molar-refractivity contribution in [2.75, 3.05) is 20.1 Å². The molecule has 0 saturated heterocycles. The van der Waals surface area contributed by atoms with Crippen molar-refractivity contribution in [1.82, 2.24) is 4.90 Å². The van der Waals surface area contributed by atoms with Crippen molar-refractivity contribution in [1.29, 1.82) is 5.26 Å². The summed E-state index contributed by atoms with van der Waals surface area (Å²) in [7, 11) is 1.60. The van der Waals surface area contributed by atoms with Gasteiger partial charge in [-0.1, -0.05) is 30.3 Å². The van der Waals surface area contributed by atoms with E-state index in [2.05, 4.69) is 6.07 Å². The first-order valence-electron chi connectivity index (χ1n) is 5.62. The second-order valence-electron chi connectivity index (χ2n) is 4.22. The summed E-state index contributed by atoms with van der Waals surface area (Å²) < 4.78 is 36.2. The highest BCUT2D eigenvalue weighted by Gasteiger charge is 2.27. The maximum Gasteiger partial charge on any atom is 0.390 e. The Balaban J connectivity index is 2.52. The first-order chi connectivity index (χ1) is 8.42. The summed E-state index contributed by atoms with van der Waals surface area (Å²) in [5.41, 5.74) is 0.832. The molecule has 0 heterocycles. The third kappa shape index (κ3) is 5.19. The Morgan fingerprint density at radius 2 is 1.89 bits per heavy atom. The molecular formula is C13H15F3N2. The molecule has 0 aliphatic heterocycles. The van der Waals surface area contributed by atoms with E-state index in [9.17, 15) is 13.2 Å². The summed E-state index contributed by atoms with van der Waals surface area (Å²) in [5, 5.41) is 9.06. The van der Waals surface area contributed by atoms with Gasteiger partial charge in [-0.05, 0) is 12.6 Å². The van der Waals surface area contributed by atoms with Gasteiger partial charge in [-0.2, -0.15) is 18.4 Å². The molecule has 1 unspecified atom stereocenters. The van der Waals surface area contributed by atoms with Crippen LogP contribution < -0.4 is 0 Å². The van der Waals surface area contributed by atoms with Gasteiger partial charge in [0.2, 0.25) is 0 Å². The lowest BCUT2D eigenvalue weighted by Gasteiger charge is -2.20. The van der Waals surface area contributed by atoms with E-state index in [0.29, 0.717) is 6.54 Å². The molecule has 0 bridgehead atoms. The normalized spacial score (nSPS) is 13.3. The Labute approximate surface area is 105 Å². The van der Waals surface area contributed by atoms with Crippen LogP contribution in [-0.2, 0) is 0 Å². The van der Waals surface area contributed by atoms with Crippen LogP contribution in [0.15, 0.2) is 30.3 Å². The van der Waals surface area contributed by atoms with Gasteiger partial charge in [0.15, 0.2) is 0 Å². The molecule has 0 aromatic heterocycles. The molecule has 2 nitrogen and oxygen atoms in total. The van der Waals surface area contributed by atoms with Crippen molar-refractivity contribution in [2.24, 2.45) is 0 Å². The Bertz CT molecular complexity index is 395. The maximum atomic E-state index is 12.1. The van der Waals surface area contributed by atoms with Gasteiger partial charge in [-0.3, -0.25) is 0 Å². The highest BCUT2D eigenvalue weighted by atomic mass is 19.4. The Hall–Kier alpha value is -1.54. The lowest BCUT2D eigenvalue weighted by atomic mass is 10.0. The van der Waals surface area contributed by atoms with Gasteiger partial charge in [-0.15, -0.1) is 0 Å². The maximum absolute atomic E-state index is 12.1. The first-order valence-corrected chi connectivity index (χ1v) is 5.62. The van der Waals surface area contributed by atoms with Crippen LogP contribution in [-0.4, -0.2) is 31.2 Å². The zero-order chi connectivity index (χ0) is 13.6. The lowest BCUT2D eigenvalue weighted by molar-refractivity contribution is -0.137. The Morgan fingerprint density at radius 1 is 1.28 bits per heavy atom. The van der Waals surface area contributed by atoms with Crippen molar-refractivity contribution >= 4 is 0 Å². The molecule has 0 aliphatic rings. The van der Waals surface area contributed by atoms with Crippen LogP contribution in [0.2, 0.25) is 0 Å². The van der Waals surface area contributed by atoms with Gasteiger partial charge in [0.1, 0.15) is 0 Å². The summed E-state index contributed by atoms with van der Waals surface area (Å²) in [6, 6.07) is 11.2. The fourth-order valence-corrected chi connectivity index (χ4v) is 1.63. The average molecular weight is 256 g/mol. The summed E-state index contributed by atoms with van der Waals surface area (Å²) in [5.74, 6) is -0.399. The quantitative estimate of drug-likeness (QED) is 0.809. The molecule has 5 heteroatoms. The van der Waals surface area contributed by atoms with Gasteiger partial charge in [0.25, 0.3) is 0 Å². The van der Waals surface area contributed by atoms with Crippen molar-refractivity contribution in [2.45, 2.75) is 18.5 Å². The zero-order valence-electron chi connectivity index (χ0n) is 10.1. The molecule has 0 amide bonds. The highest BCUT2D eigenvalue weighted by Crippen LogP contribution is 2.21. The molecule has 98 valence electrons. The first kappa shape index (κ1) is 14.5. The molecule has 0 spiro atoms. The van der Waals surface area contributed by atoms with Crippen LogP contribution in [0.4, 0.5) is 13.2 Å². The third-order valence-electron chi connectivity index (χ3n) is 2.63. The fourth-order valence-electron chi connectivity index (χ4n) is 1.63. The van der Waals surface area contributed by atoms with E-state index in [0.717, 1.165) is 5.56 Å². The van der Waals surface area contributed by atoms with Crippen LogP contribution >= 0.6 is 0 Å². The van der Waals surface area contributed by atoms with Gasteiger partial charge in [0, 0.05) is 13.1 Å². The van der Waals surface area contributed by atoms with Crippen molar-refractivity contribution in [3.05, 3.63) is 35.9 Å². The molecule has 0 saturated carbocycles. The molecule has 1 aromatic carbocycles. The minimum atomic E-state index is -4.15. The molecule has 1 aromatic rings. The lowest BCUT2D eigenvalue weighted by Crippen LogP contribution is -2.28. The number of likely N-dealkylation sites (N-methyl/N-ethyl adjacent to an activating group) is 1. The summed E-state index contributed by atoms with van der Waals surface area (Å²) >= 11 is 0. The molecule has 0 N–H and O–H groups in total. The predicted octanol–water partition coefficient (Wildman–Crippen LogP) is 3.18. The molecule has 0 aliphatic carbocycles. The van der Waals surface area contributed by atoms with Crippen LogP contribution in [0.3, 0.4) is 0 Å².